The highest BCUT2D eigenvalue weighted by Gasteiger charge is 2.22. The van der Waals surface area contributed by atoms with Crippen LogP contribution in [0.15, 0.2) is 54.6 Å². The van der Waals surface area contributed by atoms with Crippen LogP contribution in [0.1, 0.15) is 52.0 Å². The summed E-state index contributed by atoms with van der Waals surface area (Å²) in [5.74, 6) is 1.05. The number of anilines is 3. The molecular formula is C38H53Cl3N8O5. The van der Waals surface area contributed by atoms with E-state index in [0.29, 0.717) is 60.3 Å². The molecule has 1 fully saturated rings. The number of nitrogens with one attached hydrogen (secondary N) is 2. The number of unbranched alkanes of at least 4 members (excludes halogenated alkanes) is 2. The number of hydrogen-bond donors (Lipinski definition) is 3. The number of aryl methyl sites for hydroxylation is 1. The average molecular weight is 808 g/mol. The Labute approximate surface area is 336 Å². The van der Waals surface area contributed by atoms with Crippen LogP contribution in [0.25, 0.3) is 11.0 Å². The Kier molecular flexibility index (Phi) is 18.3. The number of aromatic nitrogens is 2. The molecule has 2 heterocycles. The number of carbonyl (C=O) groups is 3. The van der Waals surface area contributed by atoms with E-state index in [2.05, 4.69) is 27.2 Å². The van der Waals surface area contributed by atoms with Gasteiger partial charge < -0.3 is 45.1 Å². The van der Waals surface area contributed by atoms with E-state index in [4.69, 9.17) is 15.2 Å². The molecule has 0 atom stereocenters. The van der Waals surface area contributed by atoms with Crippen molar-refractivity contribution in [1.82, 2.24) is 19.8 Å². The molecule has 0 bridgehead atoms. The number of halogens is 3. The Morgan fingerprint density at radius 2 is 1.69 bits per heavy atom. The van der Waals surface area contributed by atoms with E-state index in [0.717, 1.165) is 56.5 Å². The van der Waals surface area contributed by atoms with Gasteiger partial charge in [0.25, 0.3) is 11.8 Å². The van der Waals surface area contributed by atoms with Crippen LogP contribution in [0.5, 0.6) is 11.5 Å². The lowest BCUT2D eigenvalue weighted by Gasteiger charge is -2.32. The van der Waals surface area contributed by atoms with Crippen molar-refractivity contribution >= 4 is 83.3 Å². The number of carbonyl (C=O) groups excluding carboxylic acids is 3. The maximum atomic E-state index is 13.8. The predicted molar refractivity (Wildman–Crippen MR) is 223 cm³/mol. The minimum Gasteiger partial charge on any atom is -0.496 e. The lowest BCUT2D eigenvalue weighted by molar-refractivity contribution is -0.132. The lowest BCUT2D eigenvalue weighted by atomic mass is 10.1. The summed E-state index contributed by atoms with van der Waals surface area (Å²) in [7, 11) is 7.13. The summed E-state index contributed by atoms with van der Waals surface area (Å²) in [6.45, 7) is 6.99. The third-order valence-corrected chi connectivity index (χ3v) is 9.20. The van der Waals surface area contributed by atoms with Crippen molar-refractivity contribution in [3.05, 3.63) is 71.3 Å². The number of para-hydroxylation sites is 1. The molecule has 0 saturated carbocycles. The van der Waals surface area contributed by atoms with E-state index >= 15 is 0 Å². The molecule has 0 aliphatic carbocycles. The number of nitrogens with two attached hydrogens (primary N) is 1. The number of methoxy groups -OCH3 is 1. The van der Waals surface area contributed by atoms with Gasteiger partial charge in [0.1, 0.15) is 17.0 Å². The van der Waals surface area contributed by atoms with Gasteiger partial charge in [-0.05, 0) is 81.3 Å². The first-order valence-corrected chi connectivity index (χ1v) is 17.5. The largest absolute Gasteiger partial charge is 0.496 e. The third-order valence-electron chi connectivity index (χ3n) is 9.20. The zero-order chi connectivity index (χ0) is 36.5. The molecule has 0 spiro atoms. The van der Waals surface area contributed by atoms with Crippen molar-refractivity contribution in [2.24, 2.45) is 5.73 Å². The zero-order valence-corrected chi connectivity index (χ0v) is 34.0. The van der Waals surface area contributed by atoms with Gasteiger partial charge in [0.15, 0.2) is 0 Å². The van der Waals surface area contributed by atoms with Crippen molar-refractivity contribution in [2.75, 3.05) is 89.2 Å². The monoisotopic (exact) mass is 806 g/mol. The molecule has 3 aromatic carbocycles. The molecule has 3 amide bonds. The Hall–Kier alpha value is -4.27. The summed E-state index contributed by atoms with van der Waals surface area (Å²) >= 11 is 0. The Morgan fingerprint density at radius 1 is 0.944 bits per heavy atom. The summed E-state index contributed by atoms with van der Waals surface area (Å²) in [5.41, 5.74) is 9.88. The maximum Gasteiger partial charge on any atom is 0.259 e. The van der Waals surface area contributed by atoms with E-state index in [-0.39, 0.29) is 60.3 Å². The molecule has 0 unspecified atom stereocenters. The first kappa shape index (κ1) is 45.9. The van der Waals surface area contributed by atoms with Gasteiger partial charge in [-0.2, -0.15) is 0 Å². The number of amides is 3. The molecule has 5 rings (SSSR count). The van der Waals surface area contributed by atoms with Crippen LogP contribution in [0.3, 0.4) is 0 Å². The average Bonchev–Trinajstić information content (AvgIpc) is 3.58. The Bertz CT molecular complexity index is 1850. The minimum absolute atomic E-state index is 0. The topological polar surface area (TPSA) is 149 Å². The predicted octanol–water partition coefficient (Wildman–Crippen LogP) is 5.78. The van der Waals surface area contributed by atoms with Crippen molar-refractivity contribution in [2.45, 2.75) is 32.6 Å². The number of imidazole rings is 1. The highest BCUT2D eigenvalue weighted by atomic mass is 35.5. The summed E-state index contributed by atoms with van der Waals surface area (Å²) in [6.07, 6.45) is 3.03. The fourth-order valence-corrected chi connectivity index (χ4v) is 6.07. The quantitative estimate of drug-likeness (QED) is 0.127. The summed E-state index contributed by atoms with van der Waals surface area (Å²) in [4.78, 5) is 55.4. The van der Waals surface area contributed by atoms with Crippen LogP contribution >= 0.6 is 37.2 Å². The SMILES string of the molecule is COc1cc(C(=O)N(C)c2ccc(C)cc2OCCCCCC(=O)N2CCN(C)CC2)ccc1C(=O)Nc1cccc2[nH]c(N(C)CCN)nc12.Cl.Cl.Cl. The zero-order valence-electron chi connectivity index (χ0n) is 31.6. The van der Waals surface area contributed by atoms with E-state index in [1.165, 1.54) is 12.0 Å². The Morgan fingerprint density at radius 3 is 2.39 bits per heavy atom. The maximum absolute atomic E-state index is 13.8. The molecule has 4 aromatic rings. The van der Waals surface area contributed by atoms with Crippen molar-refractivity contribution in [1.29, 1.82) is 0 Å². The summed E-state index contributed by atoms with van der Waals surface area (Å²) in [5, 5.41) is 2.95. The second-order valence-electron chi connectivity index (χ2n) is 13.0. The van der Waals surface area contributed by atoms with Gasteiger partial charge >= 0.3 is 0 Å². The number of ether oxygens (including phenoxy) is 2. The van der Waals surface area contributed by atoms with Crippen molar-refractivity contribution in [3.63, 3.8) is 0 Å². The number of likely N-dealkylation sites (N-methyl/N-ethyl adjacent to an activating group) is 2. The van der Waals surface area contributed by atoms with Crippen LogP contribution in [0, 0.1) is 6.92 Å². The van der Waals surface area contributed by atoms with Crippen molar-refractivity contribution < 1.29 is 23.9 Å². The minimum atomic E-state index is -0.399. The number of benzene rings is 3. The molecule has 1 aromatic heterocycles. The van der Waals surface area contributed by atoms with Crippen LogP contribution in [0.2, 0.25) is 0 Å². The van der Waals surface area contributed by atoms with Gasteiger partial charge in [-0.3, -0.25) is 14.4 Å². The molecule has 54 heavy (non-hydrogen) atoms. The van der Waals surface area contributed by atoms with Gasteiger partial charge in [0, 0.05) is 65.3 Å². The van der Waals surface area contributed by atoms with E-state index in [1.54, 1.807) is 31.3 Å². The molecule has 1 aliphatic heterocycles. The first-order chi connectivity index (χ1) is 24.6. The van der Waals surface area contributed by atoms with Gasteiger partial charge in [0.05, 0.1) is 36.2 Å². The fraction of sp³-hybridized carbons (Fsp3) is 0.421. The molecular weight excluding hydrogens is 755 g/mol. The molecule has 1 saturated heterocycles. The highest BCUT2D eigenvalue weighted by molar-refractivity contribution is 6.11. The standard InChI is InChI=1S/C38H50N8O5.3ClH/c1-26-13-16-31(33(24-26)51-23-8-6-7-12-34(47)46-21-19-43(2)20-22-46)45(4)37(49)27-14-15-28(32(25-27)50-5)36(48)40-29-10-9-11-30-35(29)42-38(41-30)44(3)18-17-39;;;/h9-11,13-16,24-25H,6-8,12,17-23,39H2,1-5H3,(H,40,48)(H,41,42);3*1H. The van der Waals surface area contributed by atoms with E-state index in [1.807, 2.05) is 54.1 Å². The normalized spacial score (nSPS) is 12.5. The summed E-state index contributed by atoms with van der Waals surface area (Å²) < 4.78 is 11.8. The van der Waals surface area contributed by atoms with Crippen LogP contribution in [-0.4, -0.2) is 112 Å². The van der Waals surface area contributed by atoms with Gasteiger partial charge in [0.2, 0.25) is 11.9 Å². The van der Waals surface area contributed by atoms with Gasteiger partial charge in [-0.15, -0.1) is 37.2 Å². The number of rotatable bonds is 15. The number of fused-ring (bicyclic) bond motifs is 1. The molecule has 1 aliphatic rings. The van der Waals surface area contributed by atoms with E-state index < -0.39 is 5.91 Å². The number of piperazine rings is 1. The van der Waals surface area contributed by atoms with Gasteiger partial charge in [-0.25, -0.2) is 4.98 Å². The molecule has 4 N–H and O–H groups in total. The molecule has 13 nitrogen and oxygen atoms in total. The van der Waals surface area contributed by atoms with E-state index in [9.17, 15) is 14.4 Å². The second kappa shape index (κ2) is 21.6. The molecule has 0 radical (unpaired) electrons. The lowest BCUT2D eigenvalue weighted by Crippen LogP contribution is -2.47. The number of aromatic amines is 1. The smallest absolute Gasteiger partial charge is 0.259 e. The van der Waals surface area contributed by atoms with Crippen LogP contribution < -0.4 is 30.3 Å². The van der Waals surface area contributed by atoms with Crippen LogP contribution in [0.4, 0.5) is 17.3 Å². The fourth-order valence-electron chi connectivity index (χ4n) is 6.07. The number of nitrogens with zero attached hydrogens (tertiary/aromatic N) is 5. The summed E-state index contributed by atoms with van der Waals surface area (Å²) in [6, 6.07) is 16.0. The number of hydrogen-bond acceptors (Lipinski definition) is 9. The first-order valence-electron chi connectivity index (χ1n) is 17.5. The molecule has 296 valence electrons. The van der Waals surface area contributed by atoms with Crippen LogP contribution in [-0.2, 0) is 4.79 Å². The number of H-pyrrole nitrogens is 1. The van der Waals surface area contributed by atoms with Gasteiger partial charge in [-0.1, -0.05) is 12.1 Å². The highest BCUT2D eigenvalue weighted by Crippen LogP contribution is 2.32. The van der Waals surface area contributed by atoms with Crippen molar-refractivity contribution in [3.8, 4) is 11.5 Å². The molecule has 16 heteroatoms. The second-order valence-corrected chi connectivity index (χ2v) is 13.0. The third kappa shape index (κ3) is 11.4. The Balaban J connectivity index is 0.00000336.